The van der Waals surface area contributed by atoms with Crippen LogP contribution in [0.1, 0.15) is 27.7 Å². The third-order valence-electron chi connectivity index (χ3n) is 2.05. The highest BCUT2D eigenvalue weighted by Gasteiger charge is 2.12. The summed E-state index contributed by atoms with van der Waals surface area (Å²) >= 11 is 6.19. The summed E-state index contributed by atoms with van der Waals surface area (Å²) in [5.74, 6) is 1.30. The zero-order valence-electron chi connectivity index (χ0n) is 10.8. The van der Waals surface area contributed by atoms with Crippen LogP contribution in [-0.2, 0) is 0 Å². The molecule has 1 rings (SSSR count). The molecule has 0 heterocycles. The summed E-state index contributed by atoms with van der Waals surface area (Å²) < 4.78 is 11.0. The van der Waals surface area contributed by atoms with Crippen LogP contribution >= 0.6 is 11.6 Å². The summed E-state index contributed by atoms with van der Waals surface area (Å²) in [7, 11) is 0. The Hall–Kier alpha value is -1.09. The second-order valence-corrected chi connectivity index (χ2v) is 4.36. The Morgan fingerprint density at radius 1 is 1.18 bits per heavy atom. The average molecular weight is 258 g/mol. The van der Waals surface area contributed by atoms with Crippen molar-refractivity contribution >= 4 is 17.3 Å². The lowest BCUT2D eigenvalue weighted by molar-refractivity contribution is 0.288. The number of benzene rings is 1. The van der Waals surface area contributed by atoms with Crippen LogP contribution in [0.4, 0.5) is 5.69 Å². The first-order valence-corrected chi connectivity index (χ1v) is 6.31. The largest absolute Gasteiger partial charge is 0.490 e. The van der Waals surface area contributed by atoms with Gasteiger partial charge < -0.3 is 14.8 Å². The molecule has 17 heavy (non-hydrogen) atoms. The van der Waals surface area contributed by atoms with Crippen molar-refractivity contribution in [2.45, 2.75) is 33.7 Å². The summed E-state index contributed by atoms with van der Waals surface area (Å²) in [6.07, 6.45) is 0. The minimum atomic E-state index is 0.346. The van der Waals surface area contributed by atoms with Gasteiger partial charge in [0.15, 0.2) is 11.5 Å². The van der Waals surface area contributed by atoms with Crippen LogP contribution in [0.2, 0.25) is 5.02 Å². The number of ether oxygens (including phenoxy) is 2. The van der Waals surface area contributed by atoms with Gasteiger partial charge in [0.2, 0.25) is 0 Å². The van der Waals surface area contributed by atoms with Gasteiger partial charge in [0.1, 0.15) is 0 Å². The first kappa shape index (κ1) is 14.0. The van der Waals surface area contributed by atoms with Gasteiger partial charge in [0.05, 0.1) is 18.2 Å². The molecule has 0 aliphatic rings. The van der Waals surface area contributed by atoms with Crippen molar-refractivity contribution in [3.63, 3.8) is 0 Å². The lowest BCUT2D eigenvalue weighted by Crippen LogP contribution is -2.10. The standard InChI is InChI=1S/C13H20ClNO2/c1-5-16-12-8-10(15-9(3)4)7-11(14)13(12)17-6-2/h7-9,15H,5-6H2,1-4H3. The summed E-state index contributed by atoms with van der Waals surface area (Å²) in [5, 5.41) is 3.86. The van der Waals surface area contributed by atoms with Gasteiger partial charge in [-0.25, -0.2) is 0 Å². The molecule has 0 saturated carbocycles. The van der Waals surface area contributed by atoms with Crippen molar-refractivity contribution in [2.24, 2.45) is 0 Å². The van der Waals surface area contributed by atoms with E-state index in [1.165, 1.54) is 0 Å². The molecule has 0 atom stereocenters. The quantitative estimate of drug-likeness (QED) is 0.837. The molecule has 0 aromatic heterocycles. The maximum atomic E-state index is 6.19. The predicted octanol–water partition coefficient (Wildman–Crippen LogP) is 3.96. The van der Waals surface area contributed by atoms with Crippen LogP contribution in [0, 0.1) is 0 Å². The van der Waals surface area contributed by atoms with E-state index >= 15 is 0 Å². The number of nitrogens with one attached hydrogen (secondary N) is 1. The molecule has 1 aromatic rings. The molecule has 0 aliphatic heterocycles. The Labute approximate surface area is 108 Å². The lowest BCUT2D eigenvalue weighted by atomic mass is 10.2. The van der Waals surface area contributed by atoms with Crippen LogP contribution in [0.3, 0.4) is 0 Å². The highest BCUT2D eigenvalue weighted by atomic mass is 35.5. The van der Waals surface area contributed by atoms with Gasteiger partial charge in [0, 0.05) is 17.8 Å². The van der Waals surface area contributed by atoms with Gasteiger partial charge in [-0.1, -0.05) is 11.6 Å². The molecule has 0 amide bonds. The molecule has 0 fully saturated rings. The number of rotatable bonds is 6. The Balaban J connectivity index is 3.06. The monoisotopic (exact) mass is 257 g/mol. The van der Waals surface area contributed by atoms with E-state index in [1.54, 1.807) is 0 Å². The first-order valence-electron chi connectivity index (χ1n) is 5.94. The van der Waals surface area contributed by atoms with Gasteiger partial charge in [-0.05, 0) is 33.8 Å². The molecule has 0 unspecified atom stereocenters. The van der Waals surface area contributed by atoms with Gasteiger partial charge in [-0.2, -0.15) is 0 Å². The second kappa shape index (κ2) is 6.60. The fourth-order valence-corrected chi connectivity index (χ4v) is 1.80. The number of anilines is 1. The molecule has 96 valence electrons. The molecule has 0 spiro atoms. The Bertz CT molecular complexity index is 367. The molecule has 4 heteroatoms. The molecule has 0 radical (unpaired) electrons. The van der Waals surface area contributed by atoms with Crippen LogP contribution in [0.5, 0.6) is 11.5 Å². The lowest BCUT2D eigenvalue weighted by Gasteiger charge is -2.16. The normalized spacial score (nSPS) is 10.5. The third-order valence-corrected chi connectivity index (χ3v) is 2.33. The molecule has 0 bridgehead atoms. The van der Waals surface area contributed by atoms with Crippen molar-refractivity contribution in [1.29, 1.82) is 0 Å². The van der Waals surface area contributed by atoms with E-state index in [2.05, 4.69) is 19.2 Å². The van der Waals surface area contributed by atoms with E-state index < -0.39 is 0 Å². The molecule has 1 N–H and O–H groups in total. The van der Waals surface area contributed by atoms with E-state index in [0.29, 0.717) is 35.8 Å². The molecular weight excluding hydrogens is 238 g/mol. The fraction of sp³-hybridized carbons (Fsp3) is 0.538. The number of halogens is 1. The molecule has 0 aliphatic carbocycles. The van der Waals surface area contributed by atoms with E-state index in [4.69, 9.17) is 21.1 Å². The highest BCUT2D eigenvalue weighted by molar-refractivity contribution is 6.32. The smallest absolute Gasteiger partial charge is 0.179 e. The van der Waals surface area contributed by atoms with Crippen LogP contribution in [0.15, 0.2) is 12.1 Å². The third kappa shape index (κ3) is 4.00. The zero-order valence-corrected chi connectivity index (χ0v) is 11.6. The van der Waals surface area contributed by atoms with E-state index in [1.807, 2.05) is 26.0 Å². The molecule has 1 aromatic carbocycles. The molecule has 0 saturated heterocycles. The number of hydrogen-bond acceptors (Lipinski definition) is 3. The predicted molar refractivity (Wildman–Crippen MR) is 72.5 cm³/mol. The zero-order chi connectivity index (χ0) is 12.8. The van der Waals surface area contributed by atoms with Gasteiger partial charge >= 0.3 is 0 Å². The Morgan fingerprint density at radius 3 is 2.35 bits per heavy atom. The topological polar surface area (TPSA) is 30.5 Å². The molecule has 3 nitrogen and oxygen atoms in total. The fourth-order valence-electron chi connectivity index (χ4n) is 1.53. The van der Waals surface area contributed by atoms with Crippen molar-refractivity contribution in [3.8, 4) is 11.5 Å². The van der Waals surface area contributed by atoms with Crippen LogP contribution in [0.25, 0.3) is 0 Å². The maximum absolute atomic E-state index is 6.19. The molecular formula is C13H20ClNO2. The average Bonchev–Trinajstić information content (AvgIpc) is 2.22. The van der Waals surface area contributed by atoms with Crippen molar-refractivity contribution < 1.29 is 9.47 Å². The van der Waals surface area contributed by atoms with E-state index in [-0.39, 0.29) is 0 Å². The first-order chi connectivity index (χ1) is 8.08. The van der Waals surface area contributed by atoms with E-state index in [9.17, 15) is 0 Å². The summed E-state index contributed by atoms with van der Waals surface area (Å²) in [6.45, 7) is 9.16. The Kier molecular flexibility index (Phi) is 5.42. The number of hydrogen-bond donors (Lipinski definition) is 1. The van der Waals surface area contributed by atoms with Crippen LogP contribution < -0.4 is 14.8 Å². The second-order valence-electron chi connectivity index (χ2n) is 3.95. The van der Waals surface area contributed by atoms with Crippen molar-refractivity contribution in [3.05, 3.63) is 17.2 Å². The van der Waals surface area contributed by atoms with Crippen molar-refractivity contribution in [2.75, 3.05) is 18.5 Å². The SMILES string of the molecule is CCOc1cc(NC(C)C)cc(Cl)c1OCC. The summed E-state index contributed by atoms with van der Waals surface area (Å²) in [6, 6.07) is 4.12. The van der Waals surface area contributed by atoms with Gasteiger partial charge in [-0.3, -0.25) is 0 Å². The van der Waals surface area contributed by atoms with Gasteiger partial charge in [0.25, 0.3) is 0 Å². The van der Waals surface area contributed by atoms with Gasteiger partial charge in [-0.15, -0.1) is 0 Å². The maximum Gasteiger partial charge on any atom is 0.179 e. The van der Waals surface area contributed by atoms with E-state index in [0.717, 1.165) is 5.69 Å². The highest BCUT2D eigenvalue weighted by Crippen LogP contribution is 2.38. The van der Waals surface area contributed by atoms with Crippen molar-refractivity contribution in [1.82, 2.24) is 0 Å². The minimum absolute atomic E-state index is 0.346. The minimum Gasteiger partial charge on any atom is -0.490 e. The van der Waals surface area contributed by atoms with Crippen LogP contribution in [-0.4, -0.2) is 19.3 Å². The summed E-state index contributed by atoms with van der Waals surface area (Å²) in [4.78, 5) is 0. The summed E-state index contributed by atoms with van der Waals surface area (Å²) in [5.41, 5.74) is 0.942. The Morgan fingerprint density at radius 2 is 1.82 bits per heavy atom.